The number of aliphatic imine (C=N–C) groups is 1. The average molecular weight is 365 g/mol. The van der Waals surface area contributed by atoms with Gasteiger partial charge in [-0.25, -0.2) is 0 Å². The molecule has 1 aliphatic rings. The summed E-state index contributed by atoms with van der Waals surface area (Å²) in [5.41, 5.74) is 1.74. The van der Waals surface area contributed by atoms with Crippen molar-refractivity contribution >= 4 is 23.2 Å². The number of hydrogen-bond donors (Lipinski definition) is 1. The van der Waals surface area contributed by atoms with E-state index in [9.17, 15) is 5.11 Å². The number of rotatable bonds is 2. The summed E-state index contributed by atoms with van der Waals surface area (Å²) >= 11 is -0.826. The van der Waals surface area contributed by atoms with Crippen molar-refractivity contribution in [1.29, 1.82) is 0 Å². The first-order valence-corrected chi connectivity index (χ1v) is 12.3. The van der Waals surface area contributed by atoms with Crippen LogP contribution < -0.4 is 0 Å². The van der Waals surface area contributed by atoms with E-state index in [-0.39, 0.29) is 0 Å². The van der Waals surface area contributed by atoms with E-state index in [4.69, 9.17) is 17.0 Å². The number of aromatic hydroxyl groups is 1. The standard InChI is InChI=1S/C13H17NO.2ClH.Zr/c1-10-5-4-6-11(13(10)15)9-14-12-7-2-3-8-12;;;/h4-6,9,12,15H,2-3,7-8H2,1H3;2*1H;/q;;;+2/p-2. The first kappa shape index (κ1) is 16.2. The Hall–Kier alpha value is 0.153. The van der Waals surface area contributed by atoms with Crippen LogP contribution in [0.3, 0.4) is 0 Å². The predicted octanol–water partition coefficient (Wildman–Crippen LogP) is 4.44. The summed E-state index contributed by atoms with van der Waals surface area (Å²) in [6.07, 6.45) is 6.80. The van der Waals surface area contributed by atoms with Crippen LogP contribution in [0.2, 0.25) is 0 Å². The van der Waals surface area contributed by atoms with Crippen LogP contribution in [0.25, 0.3) is 0 Å². The number of phenolic OH excluding ortho intramolecular Hbond substituents is 1. The Kier molecular flexibility index (Phi) is 8.21. The molecule has 0 saturated heterocycles. The van der Waals surface area contributed by atoms with Crippen LogP contribution in [0.5, 0.6) is 5.75 Å². The summed E-state index contributed by atoms with van der Waals surface area (Å²) in [5, 5.41) is 9.78. The minimum atomic E-state index is -0.826. The minimum absolute atomic E-state index is 0.360. The molecule has 0 amide bonds. The van der Waals surface area contributed by atoms with Gasteiger partial charge < -0.3 is 5.11 Å². The second kappa shape index (κ2) is 9.12. The Balaban J connectivity index is 0.000000492. The van der Waals surface area contributed by atoms with Crippen LogP contribution in [0.4, 0.5) is 0 Å². The zero-order chi connectivity index (χ0) is 13.4. The van der Waals surface area contributed by atoms with Gasteiger partial charge in [-0.05, 0) is 31.4 Å². The van der Waals surface area contributed by atoms with Gasteiger partial charge in [-0.1, -0.05) is 25.0 Å². The van der Waals surface area contributed by atoms with Gasteiger partial charge in [0.1, 0.15) is 5.75 Å². The zero-order valence-corrected chi connectivity index (χ0v) is 14.3. The van der Waals surface area contributed by atoms with Crippen LogP contribution in [-0.4, -0.2) is 17.4 Å². The number of benzene rings is 1. The van der Waals surface area contributed by atoms with E-state index in [1.807, 2.05) is 31.3 Å². The van der Waals surface area contributed by atoms with E-state index in [2.05, 4.69) is 4.99 Å². The molecular formula is C13H17Cl2NOZr. The molecule has 1 aliphatic carbocycles. The summed E-state index contributed by atoms with van der Waals surface area (Å²) in [4.78, 5) is 4.51. The Morgan fingerprint density at radius 1 is 1.33 bits per heavy atom. The molecule has 0 atom stereocenters. The summed E-state index contributed by atoms with van der Waals surface area (Å²) in [7, 11) is 9.87. The van der Waals surface area contributed by atoms with Crippen LogP contribution >= 0.6 is 17.0 Å². The van der Waals surface area contributed by atoms with Crippen molar-refractivity contribution < 1.29 is 26.0 Å². The molecule has 2 nitrogen and oxygen atoms in total. The molecule has 1 N–H and O–H groups in total. The van der Waals surface area contributed by atoms with E-state index >= 15 is 0 Å². The van der Waals surface area contributed by atoms with Gasteiger partial charge in [0.2, 0.25) is 0 Å². The Bertz CT molecular complexity index is 393. The second-order valence-corrected chi connectivity index (χ2v) is 8.03. The van der Waals surface area contributed by atoms with Gasteiger partial charge >= 0.3 is 37.9 Å². The van der Waals surface area contributed by atoms with Crippen LogP contribution in [0, 0.1) is 6.92 Å². The molecule has 2 rings (SSSR count). The predicted molar refractivity (Wildman–Crippen MR) is 74.4 cm³/mol. The van der Waals surface area contributed by atoms with Crippen LogP contribution in [0.15, 0.2) is 23.2 Å². The van der Waals surface area contributed by atoms with Crippen molar-refractivity contribution in [3.8, 4) is 5.75 Å². The SMILES string of the molecule is Cc1cccc(C=NC2CCCC2)c1O.[Cl][Zr][Cl]. The summed E-state index contributed by atoms with van der Waals surface area (Å²) in [6.45, 7) is 1.91. The molecule has 1 aromatic rings. The molecule has 0 spiro atoms. The molecule has 98 valence electrons. The first-order chi connectivity index (χ1) is 8.69. The Morgan fingerprint density at radius 2 is 1.94 bits per heavy atom. The normalized spacial score (nSPS) is 15.5. The molecule has 1 saturated carbocycles. The fourth-order valence-electron chi connectivity index (χ4n) is 2.02. The van der Waals surface area contributed by atoms with Gasteiger partial charge in [0, 0.05) is 17.8 Å². The molecule has 0 bridgehead atoms. The van der Waals surface area contributed by atoms with Crippen LogP contribution in [-0.2, 0) is 20.8 Å². The molecule has 1 aromatic carbocycles. The van der Waals surface area contributed by atoms with Gasteiger partial charge in [0.25, 0.3) is 0 Å². The van der Waals surface area contributed by atoms with Gasteiger partial charge in [-0.3, -0.25) is 4.99 Å². The van der Waals surface area contributed by atoms with E-state index < -0.39 is 20.8 Å². The molecular weight excluding hydrogens is 348 g/mol. The number of para-hydroxylation sites is 1. The third-order valence-corrected chi connectivity index (χ3v) is 3.02. The number of hydrogen-bond acceptors (Lipinski definition) is 2. The monoisotopic (exact) mass is 363 g/mol. The molecule has 5 heteroatoms. The van der Waals surface area contributed by atoms with Crippen molar-refractivity contribution in [2.45, 2.75) is 38.6 Å². The Morgan fingerprint density at radius 3 is 2.56 bits per heavy atom. The van der Waals surface area contributed by atoms with E-state index in [1.165, 1.54) is 25.7 Å². The molecule has 0 aliphatic heterocycles. The molecule has 0 heterocycles. The molecule has 1 fully saturated rings. The molecule has 0 unspecified atom stereocenters. The van der Waals surface area contributed by atoms with E-state index in [0.29, 0.717) is 11.8 Å². The molecule has 0 radical (unpaired) electrons. The fraction of sp³-hybridized carbons (Fsp3) is 0.462. The topological polar surface area (TPSA) is 32.6 Å². The third-order valence-electron chi connectivity index (χ3n) is 3.02. The number of nitrogens with zero attached hydrogens (tertiary/aromatic N) is 1. The maximum atomic E-state index is 9.78. The summed E-state index contributed by atoms with van der Waals surface area (Å²) in [5.74, 6) is 0.360. The van der Waals surface area contributed by atoms with E-state index in [0.717, 1.165) is 11.1 Å². The first-order valence-electron chi connectivity index (χ1n) is 5.97. The van der Waals surface area contributed by atoms with Gasteiger partial charge in [-0.15, -0.1) is 0 Å². The van der Waals surface area contributed by atoms with Crippen molar-refractivity contribution in [3.63, 3.8) is 0 Å². The average Bonchev–Trinajstić information content (AvgIpc) is 2.85. The van der Waals surface area contributed by atoms with Crippen molar-refractivity contribution in [2.24, 2.45) is 4.99 Å². The number of aryl methyl sites for hydroxylation is 1. The summed E-state index contributed by atoms with van der Waals surface area (Å²) in [6, 6.07) is 6.23. The van der Waals surface area contributed by atoms with Gasteiger partial charge in [-0.2, -0.15) is 0 Å². The number of phenols is 1. The van der Waals surface area contributed by atoms with Crippen molar-refractivity contribution in [1.82, 2.24) is 0 Å². The second-order valence-electron chi connectivity index (χ2n) is 4.30. The fourth-order valence-corrected chi connectivity index (χ4v) is 2.02. The van der Waals surface area contributed by atoms with Crippen LogP contribution in [0.1, 0.15) is 36.8 Å². The summed E-state index contributed by atoms with van der Waals surface area (Å²) < 4.78 is 0. The third kappa shape index (κ3) is 5.42. The van der Waals surface area contributed by atoms with Gasteiger partial charge in [0.05, 0.1) is 0 Å². The van der Waals surface area contributed by atoms with Gasteiger partial charge in [0.15, 0.2) is 0 Å². The van der Waals surface area contributed by atoms with Crippen molar-refractivity contribution in [2.75, 3.05) is 0 Å². The van der Waals surface area contributed by atoms with Crippen molar-refractivity contribution in [3.05, 3.63) is 29.3 Å². The maximum absolute atomic E-state index is 9.78. The zero-order valence-electron chi connectivity index (χ0n) is 10.4. The number of halogens is 2. The Labute approximate surface area is 127 Å². The quantitative estimate of drug-likeness (QED) is 0.772. The molecule has 0 aromatic heterocycles. The molecule has 18 heavy (non-hydrogen) atoms. The van der Waals surface area contributed by atoms with E-state index in [1.54, 1.807) is 0 Å².